The van der Waals surface area contributed by atoms with E-state index in [1.165, 1.54) is 23.5 Å². The maximum absolute atomic E-state index is 13.1. The van der Waals surface area contributed by atoms with E-state index in [1.54, 1.807) is 16.7 Å². The van der Waals surface area contributed by atoms with E-state index in [9.17, 15) is 14.0 Å². The molecule has 6 heteroatoms. The molecule has 1 saturated carbocycles. The first kappa shape index (κ1) is 18.8. The van der Waals surface area contributed by atoms with Crippen LogP contribution in [0, 0.1) is 12.7 Å². The van der Waals surface area contributed by atoms with Crippen LogP contribution in [0.2, 0.25) is 0 Å². The predicted molar refractivity (Wildman–Crippen MR) is 102 cm³/mol. The van der Waals surface area contributed by atoms with Gasteiger partial charge in [0.25, 0.3) is 0 Å². The first-order valence-electron chi connectivity index (χ1n) is 9.23. The third-order valence-corrected chi connectivity index (χ3v) is 6.05. The van der Waals surface area contributed by atoms with E-state index in [1.807, 2.05) is 17.2 Å². The summed E-state index contributed by atoms with van der Waals surface area (Å²) >= 11 is 1.18. The SMILES string of the molecule is Cc1csc(=O)n1CCC(=O)N(CCc1ccc(F)cc1)C1CCCC1. The van der Waals surface area contributed by atoms with Gasteiger partial charge in [0.05, 0.1) is 0 Å². The molecule has 0 bridgehead atoms. The second-order valence-corrected chi connectivity index (χ2v) is 7.77. The molecular weight excluding hydrogens is 351 g/mol. The Bertz CT molecular complexity index is 791. The fourth-order valence-corrected chi connectivity index (χ4v) is 4.41. The highest BCUT2D eigenvalue weighted by Gasteiger charge is 2.26. The van der Waals surface area contributed by atoms with Crippen molar-refractivity contribution in [3.8, 4) is 0 Å². The molecule has 140 valence electrons. The minimum absolute atomic E-state index is 0.00553. The second-order valence-electron chi connectivity index (χ2n) is 6.95. The normalized spacial score (nSPS) is 14.7. The van der Waals surface area contributed by atoms with Gasteiger partial charge in [0.15, 0.2) is 0 Å². The first-order chi connectivity index (χ1) is 12.5. The lowest BCUT2D eigenvalue weighted by Crippen LogP contribution is -2.40. The zero-order valence-electron chi connectivity index (χ0n) is 15.1. The summed E-state index contributed by atoms with van der Waals surface area (Å²) in [4.78, 5) is 26.7. The Morgan fingerprint density at radius 3 is 2.58 bits per heavy atom. The monoisotopic (exact) mass is 376 g/mol. The topological polar surface area (TPSA) is 42.3 Å². The molecule has 1 aromatic heterocycles. The summed E-state index contributed by atoms with van der Waals surface area (Å²) in [6, 6.07) is 6.77. The molecule has 3 rings (SSSR count). The van der Waals surface area contributed by atoms with Gasteiger partial charge in [0.2, 0.25) is 5.91 Å². The number of carbonyl (C=O) groups is 1. The van der Waals surface area contributed by atoms with E-state index in [4.69, 9.17) is 0 Å². The number of halogens is 1. The molecular formula is C20H25FN2O2S. The molecule has 4 nitrogen and oxygen atoms in total. The van der Waals surface area contributed by atoms with E-state index >= 15 is 0 Å². The van der Waals surface area contributed by atoms with Gasteiger partial charge in [-0.2, -0.15) is 0 Å². The zero-order valence-corrected chi connectivity index (χ0v) is 15.9. The maximum Gasteiger partial charge on any atom is 0.307 e. The van der Waals surface area contributed by atoms with Crippen LogP contribution in [0.15, 0.2) is 34.4 Å². The van der Waals surface area contributed by atoms with Crippen LogP contribution in [-0.4, -0.2) is 28.0 Å². The van der Waals surface area contributed by atoms with E-state index in [0.29, 0.717) is 25.6 Å². The summed E-state index contributed by atoms with van der Waals surface area (Å²) in [5, 5.41) is 1.83. The van der Waals surface area contributed by atoms with Crippen molar-refractivity contribution < 1.29 is 9.18 Å². The predicted octanol–water partition coefficient (Wildman–Crippen LogP) is 3.76. The van der Waals surface area contributed by atoms with Crippen molar-refractivity contribution in [2.45, 2.75) is 58.0 Å². The third-order valence-electron chi connectivity index (χ3n) is 5.17. The van der Waals surface area contributed by atoms with Crippen LogP contribution >= 0.6 is 11.3 Å². The second kappa shape index (κ2) is 8.62. The van der Waals surface area contributed by atoms with Crippen molar-refractivity contribution in [3.05, 3.63) is 56.4 Å². The van der Waals surface area contributed by atoms with Crippen molar-refractivity contribution in [1.82, 2.24) is 9.47 Å². The number of carbonyl (C=O) groups excluding carboxylic acids is 1. The summed E-state index contributed by atoms with van der Waals surface area (Å²) in [5.41, 5.74) is 1.94. The molecule has 0 N–H and O–H groups in total. The van der Waals surface area contributed by atoms with E-state index in [0.717, 1.165) is 43.4 Å². The highest BCUT2D eigenvalue weighted by Crippen LogP contribution is 2.24. The summed E-state index contributed by atoms with van der Waals surface area (Å²) in [7, 11) is 0. The van der Waals surface area contributed by atoms with Crippen LogP contribution in [0.5, 0.6) is 0 Å². The summed E-state index contributed by atoms with van der Waals surface area (Å²) in [6.45, 7) is 2.98. The molecule has 2 aromatic rings. The number of thiazole rings is 1. The number of amides is 1. The van der Waals surface area contributed by atoms with Crippen LogP contribution in [0.1, 0.15) is 43.4 Å². The molecule has 0 saturated heterocycles. The third kappa shape index (κ3) is 4.61. The number of aryl methyl sites for hydroxylation is 1. The molecule has 1 aliphatic carbocycles. The number of benzene rings is 1. The average molecular weight is 376 g/mol. The zero-order chi connectivity index (χ0) is 18.5. The van der Waals surface area contributed by atoms with Crippen LogP contribution < -0.4 is 4.87 Å². The van der Waals surface area contributed by atoms with Crippen molar-refractivity contribution in [1.29, 1.82) is 0 Å². The van der Waals surface area contributed by atoms with Gasteiger partial charge < -0.3 is 9.47 Å². The van der Waals surface area contributed by atoms with Gasteiger partial charge in [-0.15, -0.1) is 0 Å². The fraction of sp³-hybridized carbons (Fsp3) is 0.500. The van der Waals surface area contributed by atoms with Crippen molar-refractivity contribution in [2.24, 2.45) is 0 Å². The van der Waals surface area contributed by atoms with Gasteiger partial charge in [-0.25, -0.2) is 4.39 Å². The van der Waals surface area contributed by atoms with Gasteiger partial charge in [0, 0.05) is 36.6 Å². The highest BCUT2D eigenvalue weighted by molar-refractivity contribution is 7.07. The van der Waals surface area contributed by atoms with E-state index < -0.39 is 0 Å². The lowest BCUT2D eigenvalue weighted by molar-refractivity contribution is -0.133. The maximum atomic E-state index is 13.1. The molecule has 1 aliphatic rings. The highest BCUT2D eigenvalue weighted by atomic mass is 32.1. The first-order valence-corrected chi connectivity index (χ1v) is 10.1. The minimum Gasteiger partial charge on any atom is -0.339 e. The quantitative estimate of drug-likeness (QED) is 0.738. The van der Waals surface area contributed by atoms with Gasteiger partial charge in [0.1, 0.15) is 5.82 Å². The Kier molecular flexibility index (Phi) is 6.25. The smallest absolute Gasteiger partial charge is 0.307 e. The molecule has 0 atom stereocenters. The Labute approximate surface area is 157 Å². The lowest BCUT2D eigenvalue weighted by Gasteiger charge is -2.29. The van der Waals surface area contributed by atoms with Crippen LogP contribution in [0.25, 0.3) is 0 Å². The minimum atomic E-state index is -0.242. The Hall–Kier alpha value is -1.95. The summed E-state index contributed by atoms with van der Waals surface area (Å²) in [5.74, 6) is -0.134. The molecule has 0 aliphatic heterocycles. The largest absolute Gasteiger partial charge is 0.339 e. The number of aromatic nitrogens is 1. The Morgan fingerprint density at radius 1 is 1.27 bits per heavy atom. The van der Waals surface area contributed by atoms with Gasteiger partial charge in [-0.05, 0) is 43.9 Å². The number of hydrogen-bond donors (Lipinski definition) is 0. The van der Waals surface area contributed by atoms with Crippen LogP contribution in [0.3, 0.4) is 0 Å². The van der Waals surface area contributed by atoms with Gasteiger partial charge in [-0.1, -0.05) is 36.3 Å². The number of hydrogen-bond acceptors (Lipinski definition) is 3. The number of rotatable bonds is 7. The molecule has 1 fully saturated rings. The molecule has 1 heterocycles. The standard InChI is InChI=1S/C20H25FN2O2S/c1-15-14-26-20(25)22(15)13-11-19(24)23(18-4-2-3-5-18)12-10-16-6-8-17(21)9-7-16/h6-9,14,18H,2-5,10-13H2,1H3. The number of nitrogens with zero attached hydrogens (tertiary/aromatic N) is 2. The molecule has 1 aromatic carbocycles. The molecule has 26 heavy (non-hydrogen) atoms. The van der Waals surface area contributed by atoms with Crippen molar-refractivity contribution in [3.63, 3.8) is 0 Å². The summed E-state index contributed by atoms with van der Waals surface area (Å²) in [6.07, 6.45) is 5.48. The lowest BCUT2D eigenvalue weighted by atomic mass is 10.1. The van der Waals surface area contributed by atoms with Crippen LogP contribution in [-0.2, 0) is 17.8 Å². The Morgan fingerprint density at radius 2 is 1.96 bits per heavy atom. The van der Waals surface area contributed by atoms with E-state index in [-0.39, 0.29) is 16.6 Å². The molecule has 0 unspecified atom stereocenters. The van der Waals surface area contributed by atoms with Crippen molar-refractivity contribution >= 4 is 17.2 Å². The summed E-state index contributed by atoms with van der Waals surface area (Å²) < 4.78 is 14.7. The van der Waals surface area contributed by atoms with Crippen LogP contribution in [0.4, 0.5) is 4.39 Å². The molecule has 0 radical (unpaired) electrons. The molecule has 1 amide bonds. The van der Waals surface area contributed by atoms with Gasteiger partial charge in [-0.3, -0.25) is 9.59 Å². The van der Waals surface area contributed by atoms with Gasteiger partial charge >= 0.3 is 4.87 Å². The van der Waals surface area contributed by atoms with Crippen molar-refractivity contribution in [2.75, 3.05) is 6.54 Å². The molecule has 0 spiro atoms. The Balaban J connectivity index is 1.63. The average Bonchev–Trinajstić information content (AvgIpc) is 3.26. The fourth-order valence-electron chi connectivity index (χ4n) is 3.65. The van der Waals surface area contributed by atoms with E-state index in [2.05, 4.69) is 0 Å².